The summed E-state index contributed by atoms with van der Waals surface area (Å²) in [5.74, 6) is -0.511. The fraction of sp³-hybridized carbons (Fsp3) is 0.500. The molecule has 0 bridgehead atoms. The average Bonchev–Trinajstić information content (AvgIpc) is 2.42. The Hall–Kier alpha value is -1.14. The number of anilines is 1. The van der Waals surface area contributed by atoms with Gasteiger partial charge in [0.1, 0.15) is 5.84 Å². The molecule has 0 radical (unpaired) electrons. The van der Waals surface area contributed by atoms with E-state index in [4.69, 9.17) is 15.9 Å². The third kappa shape index (κ3) is 3.12. The van der Waals surface area contributed by atoms with Crippen molar-refractivity contribution in [1.82, 2.24) is 0 Å². The van der Waals surface area contributed by atoms with Gasteiger partial charge in [0.05, 0.1) is 16.3 Å². The zero-order chi connectivity index (χ0) is 14.7. The maximum absolute atomic E-state index is 14.4. The summed E-state index contributed by atoms with van der Waals surface area (Å²) in [6, 6.07) is 3.36. The van der Waals surface area contributed by atoms with Crippen LogP contribution in [-0.4, -0.2) is 31.6 Å². The number of piperidine rings is 1. The van der Waals surface area contributed by atoms with Gasteiger partial charge in [0.25, 0.3) is 0 Å². The van der Waals surface area contributed by atoms with Crippen molar-refractivity contribution >= 4 is 27.5 Å². The predicted molar refractivity (Wildman–Crippen MR) is 82.0 cm³/mol. The third-order valence-corrected chi connectivity index (χ3v) is 4.25. The van der Waals surface area contributed by atoms with Gasteiger partial charge in [-0.15, -0.1) is 0 Å². The topological polar surface area (TPSA) is 62.3 Å². The highest BCUT2D eigenvalue weighted by Crippen LogP contribution is 2.31. The Morgan fingerprint density at radius 1 is 1.60 bits per heavy atom. The van der Waals surface area contributed by atoms with Crippen LogP contribution >= 0.6 is 15.9 Å². The van der Waals surface area contributed by atoms with Crippen molar-refractivity contribution in [2.75, 3.05) is 24.6 Å². The lowest BCUT2D eigenvalue weighted by atomic mass is 10.1. The van der Waals surface area contributed by atoms with Crippen LogP contribution in [0.4, 0.5) is 10.1 Å². The lowest BCUT2D eigenvalue weighted by Crippen LogP contribution is -2.40. The first-order valence-corrected chi connectivity index (χ1v) is 7.52. The number of hydrogen-bond acceptors (Lipinski definition) is 3. The maximum Gasteiger partial charge on any atom is 0.161 e. The van der Waals surface area contributed by atoms with E-state index in [1.54, 1.807) is 12.1 Å². The molecule has 1 aliphatic rings. The molecule has 6 heteroatoms. The van der Waals surface area contributed by atoms with Gasteiger partial charge < -0.3 is 15.4 Å². The van der Waals surface area contributed by atoms with Gasteiger partial charge in [-0.05, 0) is 47.8 Å². The minimum Gasteiger partial charge on any atom is -0.384 e. The van der Waals surface area contributed by atoms with Crippen molar-refractivity contribution < 1.29 is 9.13 Å². The zero-order valence-electron chi connectivity index (χ0n) is 11.5. The first-order valence-electron chi connectivity index (χ1n) is 6.73. The number of benzene rings is 1. The molecule has 0 aliphatic carbocycles. The van der Waals surface area contributed by atoms with Crippen LogP contribution in [-0.2, 0) is 4.74 Å². The highest BCUT2D eigenvalue weighted by molar-refractivity contribution is 9.10. The Morgan fingerprint density at radius 3 is 3.00 bits per heavy atom. The van der Waals surface area contributed by atoms with E-state index < -0.39 is 0 Å². The Labute approximate surface area is 126 Å². The van der Waals surface area contributed by atoms with Gasteiger partial charge >= 0.3 is 0 Å². The smallest absolute Gasteiger partial charge is 0.161 e. The summed E-state index contributed by atoms with van der Waals surface area (Å²) < 4.78 is 20.3. The fourth-order valence-electron chi connectivity index (χ4n) is 2.52. The number of nitrogens with one attached hydrogen (secondary N) is 1. The third-order valence-electron chi connectivity index (χ3n) is 3.47. The summed E-state index contributed by atoms with van der Waals surface area (Å²) >= 11 is 3.19. The molecule has 0 saturated carbocycles. The van der Waals surface area contributed by atoms with Gasteiger partial charge in [-0.25, -0.2) is 4.39 Å². The molecule has 1 heterocycles. The number of nitrogen functional groups attached to an aromatic ring is 1. The lowest BCUT2D eigenvalue weighted by molar-refractivity contribution is 0.0525. The number of nitrogens with zero attached hydrogens (tertiary/aromatic N) is 1. The van der Waals surface area contributed by atoms with Crippen LogP contribution < -0.4 is 10.6 Å². The molecule has 110 valence electrons. The maximum atomic E-state index is 14.4. The number of nitrogens with two attached hydrogens (primary N) is 1. The molecule has 1 unspecified atom stereocenters. The van der Waals surface area contributed by atoms with Crippen molar-refractivity contribution in [3.63, 3.8) is 0 Å². The Bertz CT molecular complexity index is 507. The SMILES string of the molecule is CCOC1CCCN(c2ccc(C(=N)N)c(Br)c2F)C1. The predicted octanol–water partition coefficient (Wildman–Crippen LogP) is 2.88. The fourth-order valence-corrected chi connectivity index (χ4v) is 3.07. The van der Waals surface area contributed by atoms with Crippen molar-refractivity contribution in [3.05, 3.63) is 28.0 Å². The van der Waals surface area contributed by atoms with Gasteiger partial charge in [0.2, 0.25) is 0 Å². The number of rotatable bonds is 4. The van der Waals surface area contributed by atoms with E-state index in [0.29, 0.717) is 24.4 Å². The van der Waals surface area contributed by atoms with Gasteiger partial charge in [-0.2, -0.15) is 0 Å². The van der Waals surface area contributed by atoms with Crippen molar-refractivity contribution in [2.45, 2.75) is 25.9 Å². The zero-order valence-corrected chi connectivity index (χ0v) is 13.0. The van der Waals surface area contributed by atoms with E-state index in [1.165, 1.54) is 0 Å². The first kappa shape index (κ1) is 15.3. The monoisotopic (exact) mass is 343 g/mol. The Morgan fingerprint density at radius 2 is 2.35 bits per heavy atom. The van der Waals surface area contributed by atoms with Gasteiger partial charge in [0.15, 0.2) is 5.82 Å². The first-order chi connectivity index (χ1) is 9.54. The largest absolute Gasteiger partial charge is 0.384 e. The summed E-state index contributed by atoms with van der Waals surface area (Å²) in [5, 5.41) is 7.42. The Kier molecular flexibility index (Phi) is 4.99. The van der Waals surface area contributed by atoms with E-state index in [1.807, 2.05) is 11.8 Å². The van der Waals surface area contributed by atoms with E-state index in [0.717, 1.165) is 19.4 Å². The van der Waals surface area contributed by atoms with Gasteiger partial charge in [-0.1, -0.05) is 0 Å². The molecule has 1 fully saturated rings. The molecule has 0 spiro atoms. The van der Waals surface area contributed by atoms with Crippen LogP contribution in [0.3, 0.4) is 0 Å². The standard InChI is InChI=1S/C14H19BrFN3O/c1-2-20-9-4-3-7-19(8-9)11-6-5-10(14(17)18)12(15)13(11)16/h5-6,9H,2-4,7-8H2,1H3,(H3,17,18). The highest BCUT2D eigenvalue weighted by Gasteiger charge is 2.24. The van der Waals surface area contributed by atoms with E-state index in [-0.39, 0.29) is 22.2 Å². The quantitative estimate of drug-likeness (QED) is 0.652. The number of hydrogen-bond donors (Lipinski definition) is 2. The molecule has 20 heavy (non-hydrogen) atoms. The molecule has 1 aliphatic heterocycles. The minimum absolute atomic E-state index is 0.145. The van der Waals surface area contributed by atoms with E-state index in [9.17, 15) is 4.39 Å². The van der Waals surface area contributed by atoms with Crippen LogP contribution in [0.1, 0.15) is 25.3 Å². The molecule has 0 amide bonds. The van der Waals surface area contributed by atoms with Gasteiger partial charge in [-0.3, -0.25) is 5.41 Å². The summed E-state index contributed by atoms with van der Waals surface area (Å²) in [7, 11) is 0. The molecule has 4 nitrogen and oxygen atoms in total. The molecule has 1 saturated heterocycles. The van der Waals surface area contributed by atoms with Gasteiger partial charge in [0, 0.05) is 25.3 Å². The van der Waals surface area contributed by atoms with Crippen molar-refractivity contribution in [3.8, 4) is 0 Å². The van der Waals surface area contributed by atoms with Crippen molar-refractivity contribution in [1.29, 1.82) is 5.41 Å². The number of amidine groups is 1. The lowest BCUT2D eigenvalue weighted by Gasteiger charge is -2.34. The molecule has 0 aromatic heterocycles. The molecule has 3 N–H and O–H groups in total. The second-order valence-corrected chi connectivity index (χ2v) is 5.63. The summed E-state index contributed by atoms with van der Waals surface area (Å²) in [6.45, 7) is 4.15. The molecule has 1 aromatic carbocycles. The number of ether oxygens (including phenoxy) is 1. The minimum atomic E-state index is -0.366. The summed E-state index contributed by atoms with van der Waals surface area (Å²) in [6.07, 6.45) is 2.15. The van der Waals surface area contributed by atoms with Crippen molar-refractivity contribution in [2.24, 2.45) is 5.73 Å². The van der Waals surface area contributed by atoms with E-state index in [2.05, 4.69) is 15.9 Å². The molecule has 1 atom stereocenters. The molecule has 2 rings (SSSR count). The summed E-state index contributed by atoms with van der Waals surface area (Å²) in [5.41, 5.74) is 6.34. The van der Waals surface area contributed by atoms with Crippen LogP contribution in [0.2, 0.25) is 0 Å². The highest BCUT2D eigenvalue weighted by atomic mass is 79.9. The summed E-state index contributed by atoms with van der Waals surface area (Å²) in [4.78, 5) is 1.99. The average molecular weight is 344 g/mol. The second kappa shape index (κ2) is 6.54. The molecular formula is C14H19BrFN3O. The number of halogens is 2. The Balaban J connectivity index is 2.24. The molecule has 1 aromatic rings. The van der Waals surface area contributed by atoms with Crippen LogP contribution in [0.15, 0.2) is 16.6 Å². The van der Waals surface area contributed by atoms with Crippen LogP contribution in [0.25, 0.3) is 0 Å². The van der Waals surface area contributed by atoms with Crippen LogP contribution in [0.5, 0.6) is 0 Å². The molecular weight excluding hydrogens is 325 g/mol. The second-order valence-electron chi connectivity index (χ2n) is 4.84. The van der Waals surface area contributed by atoms with Crippen LogP contribution in [0, 0.1) is 11.2 Å². The van der Waals surface area contributed by atoms with E-state index >= 15 is 0 Å². The normalized spacial score (nSPS) is 19.1.